The second-order valence-corrected chi connectivity index (χ2v) is 12.6. The molecule has 40 heavy (non-hydrogen) atoms. The van der Waals surface area contributed by atoms with E-state index >= 15 is 0 Å². The summed E-state index contributed by atoms with van der Waals surface area (Å²) in [6.07, 6.45) is 8.67. The van der Waals surface area contributed by atoms with Gasteiger partial charge in [-0.1, -0.05) is 70.4 Å². The molecule has 1 saturated heterocycles. The van der Waals surface area contributed by atoms with Crippen LogP contribution in [0.3, 0.4) is 0 Å². The number of aromatic amines is 1. The van der Waals surface area contributed by atoms with Crippen molar-refractivity contribution >= 4 is 22.7 Å². The lowest BCUT2D eigenvalue weighted by atomic mass is 9.87. The van der Waals surface area contributed by atoms with Crippen LogP contribution in [0.5, 0.6) is 0 Å². The number of piperazine rings is 1. The topological polar surface area (TPSA) is 73.0 Å². The SMILES string of the molecule is CC(C)(C)c1ccc(-c2nc3cccc(N4CCN(Cc5ccnc(NCC6CCCCC6)n5)CC4)c3[nH]2)cc1. The van der Waals surface area contributed by atoms with E-state index in [0.29, 0.717) is 0 Å². The highest BCUT2D eigenvalue weighted by atomic mass is 15.3. The number of nitrogens with zero attached hydrogens (tertiary/aromatic N) is 5. The van der Waals surface area contributed by atoms with Crippen molar-refractivity contribution in [3.8, 4) is 11.4 Å². The molecule has 7 heteroatoms. The number of imidazole rings is 1. The van der Waals surface area contributed by atoms with E-state index in [1.54, 1.807) is 0 Å². The molecule has 3 heterocycles. The van der Waals surface area contributed by atoms with Crippen molar-refractivity contribution in [1.82, 2.24) is 24.8 Å². The van der Waals surface area contributed by atoms with Crippen LogP contribution in [0.2, 0.25) is 0 Å². The fourth-order valence-electron chi connectivity index (χ4n) is 6.12. The molecule has 0 atom stereocenters. The van der Waals surface area contributed by atoms with Crippen LogP contribution >= 0.6 is 0 Å². The number of aromatic nitrogens is 4. The van der Waals surface area contributed by atoms with Crippen LogP contribution in [-0.2, 0) is 12.0 Å². The number of hydrogen-bond donors (Lipinski definition) is 2. The second kappa shape index (κ2) is 11.6. The largest absolute Gasteiger partial charge is 0.367 e. The van der Waals surface area contributed by atoms with E-state index in [-0.39, 0.29) is 5.41 Å². The highest BCUT2D eigenvalue weighted by molar-refractivity contribution is 5.91. The van der Waals surface area contributed by atoms with E-state index in [1.807, 2.05) is 6.20 Å². The quantitative estimate of drug-likeness (QED) is 0.276. The minimum absolute atomic E-state index is 0.142. The summed E-state index contributed by atoms with van der Waals surface area (Å²) in [5.41, 5.74) is 7.06. The zero-order chi connectivity index (χ0) is 27.5. The molecular weight excluding hydrogens is 494 g/mol. The molecule has 2 aromatic heterocycles. The fraction of sp³-hybridized carbons (Fsp3) is 0.485. The van der Waals surface area contributed by atoms with Crippen molar-refractivity contribution in [2.45, 2.75) is 64.8 Å². The predicted octanol–water partition coefficient (Wildman–Crippen LogP) is 6.63. The number of hydrogen-bond acceptors (Lipinski definition) is 6. The van der Waals surface area contributed by atoms with E-state index in [9.17, 15) is 0 Å². The number of para-hydroxylation sites is 1. The van der Waals surface area contributed by atoms with Crippen LogP contribution in [0.15, 0.2) is 54.7 Å². The zero-order valence-electron chi connectivity index (χ0n) is 24.3. The molecule has 1 aliphatic carbocycles. The molecule has 0 amide bonds. The summed E-state index contributed by atoms with van der Waals surface area (Å²) >= 11 is 0. The molecule has 2 aliphatic rings. The molecule has 1 aliphatic heterocycles. The molecule has 6 rings (SSSR count). The summed E-state index contributed by atoms with van der Waals surface area (Å²) in [4.78, 5) is 22.9. The predicted molar refractivity (Wildman–Crippen MR) is 165 cm³/mol. The van der Waals surface area contributed by atoms with E-state index in [2.05, 4.69) is 94.4 Å². The van der Waals surface area contributed by atoms with Crippen LogP contribution in [0.4, 0.5) is 11.6 Å². The number of H-pyrrole nitrogens is 1. The molecule has 2 aromatic carbocycles. The summed E-state index contributed by atoms with van der Waals surface area (Å²) in [6.45, 7) is 12.5. The van der Waals surface area contributed by atoms with Gasteiger partial charge in [0.15, 0.2) is 0 Å². The molecular formula is C33H43N7. The Balaban J connectivity index is 1.08. The molecule has 7 nitrogen and oxygen atoms in total. The summed E-state index contributed by atoms with van der Waals surface area (Å²) < 4.78 is 0. The van der Waals surface area contributed by atoms with Gasteiger partial charge in [0, 0.05) is 51.0 Å². The molecule has 0 spiro atoms. The zero-order valence-corrected chi connectivity index (χ0v) is 24.3. The van der Waals surface area contributed by atoms with Gasteiger partial charge >= 0.3 is 0 Å². The van der Waals surface area contributed by atoms with Gasteiger partial charge in [0.05, 0.1) is 22.4 Å². The van der Waals surface area contributed by atoms with Gasteiger partial charge in [0.1, 0.15) is 5.82 Å². The summed E-state index contributed by atoms with van der Waals surface area (Å²) in [6, 6.07) is 17.3. The Bertz CT molecular complexity index is 1410. The molecule has 2 N–H and O–H groups in total. The first-order valence-electron chi connectivity index (χ1n) is 15.1. The lowest BCUT2D eigenvalue weighted by Gasteiger charge is -2.36. The minimum atomic E-state index is 0.142. The third kappa shape index (κ3) is 6.15. The number of nitrogens with one attached hydrogen (secondary N) is 2. The Hall–Kier alpha value is -3.45. The molecule has 0 unspecified atom stereocenters. The maximum Gasteiger partial charge on any atom is 0.222 e. The standard InChI is InChI=1S/C33H43N7/c1-33(2,3)26-14-12-25(13-15-26)31-37-28-10-7-11-29(30(28)38-31)40-20-18-39(19-21-40)23-27-16-17-34-32(36-27)35-22-24-8-5-4-6-9-24/h7,10-17,24H,4-6,8-9,18-23H2,1-3H3,(H,37,38)(H,34,35,36). The summed E-state index contributed by atoms with van der Waals surface area (Å²) in [7, 11) is 0. The van der Waals surface area contributed by atoms with Crippen molar-refractivity contribution in [1.29, 1.82) is 0 Å². The van der Waals surface area contributed by atoms with Gasteiger partial charge < -0.3 is 15.2 Å². The molecule has 2 fully saturated rings. The molecule has 1 saturated carbocycles. The van der Waals surface area contributed by atoms with Crippen LogP contribution in [0, 0.1) is 5.92 Å². The fourth-order valence-corrected chi connectivity index (χ4v) is 6.12. The van der Waals surface area contributed by atoms with E-state index in [1.165, 1.54) is 43.4 Å². The number of benzene rings is 2. The van der Waals surface area contributed by atoms with Crippen molar-refractivity contribution in [2.24, 2.45) is 5.92 Å². The Morgan fingerprint density at radius 2 is 1.68 bits per heavy atom. The van der Waals surface area contributed by atoms with Gasteiger partial charge in [-0.15, -0.1) is 0 Å². The minimum Gasteiger partial charge on any atom is -0.367 e. The van der Waals surface area contributed by atoms with E-state index < -0.39 is 0 Å². The van der Waals surface area contributed by atoms with Gasteiger partial charge in [-0.2, -0.15) is 0 Å². The average molecular weight is 538 g/mol. The monoisotopic (exact) mass is 537 g/mol. The van der Waals surface area contributed by atoms with Crippen LogP contribution < -0.4 is 10.2 Å². The van der Waals surface area contributed by atoms with E-state index in [4.69, 9.17) is 9.97 Å². The van der Waals surface area contributed by atoms with Gasteiger partial charge in [-0.3, -0.25) is 4.90 Å². The smallest absolute Gasteiger partial charge is 0.222 e. The maximum absolute atomic E-state index is 4.94. The molecule has 210 valence electrons. The molecule has 0 bridgehead atoms. The lowest BCUT2D eigenvalue weighted by molar-refractivity contribution is 0.247. The van der Waals surface area contributed by atoms with Crippen molar-refractivity contribution in [3.63, 3.8) is 0 Å². The van der Waals surface area contributed by atoms with Gasteiger partial charge in [-0.25, -0.2) is 15.0 Å². The Morgan fingerprint density at radius 1 is 0.900 bits per heavy atom. The van der Waals surface area contributed by atoms with E-state index in [0.717, 1.165) is 79.2 Å². The van der Waals surface area contributed by atoms with Crippen LogP contribution in [0.1, 0.15) is 64.1 Å². The van der Waals surface area contributed by atoms with Gasteiger partial charge in [0.25, 0.3) is 0 Å². The second-order valence-electron chi connectivity index (χ2n) is 12.6. The first kappa shape index (κ1) is 26.8. The third-order valence-corrected chi connectivity index (χ3v) is 8.61. The Kier molecular flexibility index (Phi) is 7.74. The first-order chi connectivity index (χ1) is 19.4. The van der Waals surface area contributed by atoms with Crippen molar-refractivity contribution in [2.75, 3.05) is 42.9 Å². The van der Waals surface area contributed by atoms with Crippen molar-refractivity contribution < 1.29 is 0 Å². The lowest BCUT2D eigenvalue weighted by Crippen LogP contribution is -2.46. The normalized spacial score (nSPS) is 17.4. The van der Waals surface area contributed by atoms with Gasteiger partial charge in [0.2, 0.25) is 5.95 Å². The maximum atomic E-state index is 4.94. The third-order valence-electron chi connectivity index (χ3n) is 8.61. The summed E-state index contributed by atoms with van der Waals surface area (Å²) in [5.74, 6) is 2.47. The van der Waals surface area contributed by atoms with Crippen LogP contribution in [-0.4, -0.2) is 57.6 Å². The highest BCUT2D eigenvalue weighted by Crippen LogP contribution is 2.31. The Morgan fingerprint density at radius 3 is 2.42 bits per heavy atom. The molecule has 0 radical (unpaired) electrons. The Labute approximate surface area is 238 Å². The van der Waals surface area contributed by atoms with Crippen molar-refractivity contribution in [3.05, 3.63) is 66.0 Å². The highest BCUT2D eigenvalue weighted by Gasteiger charge is 2.21. The summed E-state index contributed by atoms with van der Waals surface area (Å²) in [5, 5.41) is 3.50. The number of anilines is 2. The van der Waals surface area contributed by atoms with Crippen LogP contribution in [0.25, 0.3) is 22.4 Å². The average Bonchev–Trinajstić information content (AvgIpc) is 3.42. The first-order valence-corrected chi connectivity index (χ1v) is 15.1. The number of fused-ring (bicyclic) bond motifs is 1. The molecule has 4 aromatic rings. The van der Waals surface area contributed by atoms with Gasteiger partial charge in [-0.05, 0) is 47.9 Å². The number of rotatable bonds is 7.